The summed E-state index contributed by atoms with van der Waals surface area (Å²) < 4.78 is 5.32. The molecule has 0 bridgehead atoms. The van der Waals surface area contributed by atoms with Gasteiger partial charge in [0.15, 0.2) is 0 Å². The lowest BCUT2D eigenvalue weighted by Gasteiger charge is -2.35. The van der Waals surface area contributed by atoms with Gasteiger partial charge in [0, 0.05) is 36.8 Å². The number of hydrogen-bond donors (Lipinski definition) is 2. The number of benzene rings is 3. The molecule has 6 heteroatoms. The van der Waals surface area contributed by atoms with Gasteiger partial charge in [-0.05, 0) is 66.3 Å². The van der Waals surface area contributed by atoms with E-state index in [1.54, 1.807) is 7.11 Å². The van der Waals surface area contributed by atoms with Gasteiger partial charge in [-0.1, -0.05) is 48.0 Å². The Labute approximate surface area is 206 Å². The maximum Gasteiger partial charge on any atom is 0.304 e. The zero-order chi connectivity index (χ0) is 23.9. The predicted octanol–water partition coefficient (Wildman–Crippen LogP) is 6.67. The van der Waals surface area contributed by atoms with Gasteiger partial charge < -0.3 is 20.1 Å². The predicted molar refractivity (Wildman–Crippen MR) is 139 cm³/mol. The quantitative estimate of drug-likeness (QED) is 0.359. The molecule has 0 radical (unpaired) electrons. The van der Waals surface area contributed by atoms with Crippen molar-refractivity contribution in [3.8, 4) is 0 Å². The topological polar surface area (TPSA) is 61.8 Å². The van der Waals surface area contributed by atoms with E-state index in [0.717, 1.165) is 48.6 Å². The average molecular weight is 479 g/mol. The van der Waals surface area contributed by atoms with Gasteiger partial charge in [-0.2, -0.15) is 0 Å². The normalized spacial score (nSPS) is 15.2. The molecule has 3 aromatic carbocycles. The number of carboxylic acids is 1. The molecule has 1 heterocycles. The molecular formula is C28H31ClN2O3. The third kappa shape index (κ3) is 6.10. The van der Waals surface area contributed by atoms with Crippen molar-refractivity contribution in [3.05, 3.63) is 88.9 Å². The summed E-state index contributed by atoms with van der Waals surface area (Å²) in [6.45, 7) is 2.28. The summed E-state index contributed by atoms with van der Waals surface area (Å²) >= 11 is 6.08. The van der Waals surface area contributed by atoms with E-state index in [1.807, 2.05) is 30.3 Å². The first-order valence-electron chi connectivity index (χ1n) is 11.7. The van der Waals surface area contributed by atoms with Gasteiger partial charge in [-0.15, -0.1) is 0 Å². The van der Waals surface area contributed by atoms with Crippen molar-refractivity contribution in [1.82, 2.24) is 0 Å². The van der Waals surface area contributed by atoms with Crippen LogP contribution in [0.25, 0.3) is 0 Å². The van der Waals surface area contributed by atoms with E-state index >= 15 is 0 Å². The van der Waals surface area contributed by atoms with Gasteiger partial charge in [0.25, 0.3) is 0 Å². The van der Waals surface area contributed by atoms with Crippen molar-refractivity contribution < 1.29 is 14.6 Å². The fraction of sp³-hybridized carbons (Fsp3) is 0.321. The van der Waals surface area contributed by atoms with Crippen molar-refractivity contribution >= 4 is 34.6 Å². The zero-order valence-electron chi connectivity index (χ0n) is 19.4. The molecule has 1 saturated heterocycles. The van der Waals surface area contributed by atoms with Gasteiger partial charge in [0.1, 0.15) is 0 Å². The van der Waals surface area contributed by atoms with Crippen molar-refractivity contribution in [3.63, 3.8) is 0 Å². The molecule has 1 unspecified atom stereocenters. The van der Waals surface area contributed by atoms with Gasteiger partial charge in [0.2, 0.25) is 0 Å². The lowest BCUT2D eigenvalue weighted by Crippen LogP contribution is -2.33. The molecule has 1 fully saturated rings. The highest BCUT2D eigenvalue weighted by molar-refractivity contribution is 6.30. The second kappa shape index (κ2) is 11.4. The first-order chi connectivity index (χ1) is 16.5. The highest BCUT2D eigenvalue weighted by Gasteiger charge is 2.24. The molecular weight excluding hydrogens is 448 g/mol. The Morgan fingerprint density at radius 2 is 1.79 bits per heavy atom. The number of nitrogens with zero attached hydrogens (tertiary/aromatic N) is 1. The average Bonchev–Trinajstić information content (AvgIpc) is 2.86. The number of nitrogens with one attached hydrogen (secondary N) is 1. The molecule has 1 aliphatic heterocycles. The van der Waals surface area contributed by atoms with Gasteiger partial charge in [-0.25, -0.2) is 0 Å². The van der Waals surface area contributed by atoms with E-state index in [2.05, 4.69) is 52.7 Å². The van der Waals surface area contributed by atoms with Crippen LogP contribution in [0.15, 0.2) is 72.8 Å². The standard InChI is InChI=1S/C28H31ClN2O3/c1-34-19-23(18-28(32)33)22-7-12-27(26(17-22)30-25-10-8-24(29)9-11-25)31-15-13-21(14-16-31)20-5-3-2-4-6-20/h2-12,17,21,23,30H,13-16,18-19H2,1H3,(H,32,33). The van der Waals surface area contributed by atoms with E-state index in [1.165, 1.54) is 5.56 Å². The van der Waals surface area contributed by atoms with Crippen molar-refractivity contribution in [2.24, 2.45) is 0 Å². The van der Waals surface area contributed by atoms with Crippen LogP contribution in [-0.2, 0) is 9.53 Å². The summed E-state index contributed by atoms with van der Waals surface area (Å²) in [6.07, 6.45) is 2.21. The second-order valence-electron chi connectivity index (χ2n) is 8.83. The van der Waals surface area contributed by atoms with E-state index < -0.39 is 5.97 Å². The maximum absolute atomic E-state index is 11.4. The molecule has 0 aliphatic carbocycles. The molecule has 34 heavy (non-hydrogen) atoms. The fourth-order valence-corrected chi connectivity index (χ4v) is 4.86. The van der Waals surface area contributed by atoms with Crippen LogP contribution in [0.4, 0.5) is 17.1 Å². The first kappa shape index (κ1) is 24.1. The molecule has 5 nitrogen and oxygen atoms in total. The van der Waals surface area contributed by atoms with Crippen molar-refractivity contribution in [1.29, 1.82) is 0 Å². The number of carboxylic acid groups (broad SMARTS) is 1. The molecule has 0 amide bonds. The monoisotopic (exact) mass is 478 g/mol. The molecule has 4 rings (SSSR count). The van der Waals surface area contributed by atoms with Crippen LogP contribution in [0.5, 0.6) is 0 Å². The highest BCUT2D eigenvalue weighted by atomic mass is 35.5. The number of rotatable bonds is 9. The molecule has 178 valence electrons. The SMILES string of the molecule is COCC(CC(=O)O)c1ccc(N2CCC(c3ccccc3)CC2)c(Nc2ccc(Cl)cc2)c1. The third-order valence-electron chi connectivity index (χ3n) is 6.51. The Morgan fingerprint density at radius 1 is 1.09 bits per heavy atom. The highest BCUT2D eigenvalue weighted by Crippen LogP contribution is 2.37. The summed E-state index contributed by atoms with van der Waals surface area (Å²) in [6, 6.07) is 24.6. The van der Waals surface area contributed by atoms with Crippen LogP contribution in [0.1, 0.15) is 42.2 Å². The molecule has 0 aromatic heterocycles. The maximum atomic E-state index is 11.4. The summed E-state index contributed by atoms with van der Waals surface area (Å²) in [5, 5.41) is 13.6. The molecule has 3 aromatic rings. The van der Waals surface area contributed by atoms with Crippen LogP contribution in [0.3, 0.4) is 0 Å². The van der Waals surface area contributed by atoms with Gasteiger partial charge >= 0.3 is 5.97 Å². The van der Waals surface area contributed by atoms with Crippen molar-refractivity contribution in [2.45, 2.75) is 31.1 Å². The van der Waals surface area contributed by atoms with E-state index in [9.17, 15) is 9.90 Å². The fourth-order valence-electron chi connectivity index (χ4n) is 4.74. The Morgan fingerprint density at radius 3 is 2.44 bits per heavy atom. The number of halogens is 1. The Hall–Kier alpha value is -3.02. The van der Waals surface area contributed by atoms with Gasteiger partial charge in [0.05, 0.1) is 24.4 Å². The summed E-state index contributed by atoms with van der Waals surface area (Å²) in [5.41, 5.74) is 5.38. The lowest BCUT2D eigenvalue weighted by atomic mass is 9.89. The van der Waals surface area contributed by atoms with E-state index in [0.29, 0.717) is 17.5 Å². The Bertz CT molecular complexity index is 1080. The van der Waals surface area contributed by atoms with Crippen molar-refractivity contribution in [2.75, 3.05) is 37.0 Å². The Balaban J connectivity index is 1.60. The molecule has 0 spiro atoms. The molecule has 1 aliphatic rings. The Kier molecular flexibility index (Phi) is 8.09. The second-order valence-corrected chi connectivity index (χ2v) is 9.27. The minimum absolute atomic E-state index is 0.0239. The summed E-state index contributed by atoms with van der Waals surface area (Å²) in [7, 11) is 1.60. The van der Waals surface area contributed by atoms with E-state index in [-0.39, 0.29) is 12.3 Å². The lowest BCUT2D eigenvalue weighted by molar-refractivity contribution is -0.137. The summed E-state index contributed by atoms with van der Waals surface area (Å²) in [4.78, 5) is 13.9. The summed E-state index contributed by atoms with van der Waals surface area (Å²) in [5.74, 6) is -0.474. The van der Waals surface area contributed by atoms with Crippen LogP contribution < -0.4 is 10.2 Å². The van der Waals surface area contributed by atoms with Crippen LogP contribution in [0, 0.1) is 0 Å². The minimum Gasteiger partial charge on any atom is -0.481 e. The molecule has 2 N–H and O–H groups in total. The third-order valence-corrected chi connectivity index (χ3v) is 6.76. The van der Waals surface area contributed by atoms with Crippen LogP contribution in [0.2, 0.25) is 5.02 Å². The largest absolute Gasteiger partial charge is 0.481 e. The number of ether oxygens (including phenoxy) is 1. The first-order valence-corrected chi connectivity index (χ1v) is 12.1. The number of piperidine rings is 1. The molecule has 0 saturated carbocycles. The van der Waals surface area contributed by atoms with Crippen LogP contribution >= 0.6 is 11.6 Å². The van der Waals surface area contributed by atoms with Gasteiger partial charge in [-0.3, -0.25) is 4.79 Å². The number of methoxy groups -OCH3 is 1. The smallest absolute Gasteiger partial charge is 0.304 e. The minimum atomic E-state index is -0.832. The van der Waals surface area contributed by atoms with Crippen LogP contribution in [-0.4, -0.2) is 37.9 Å². The number of anilines is 3. The van der Waals surface area contributed by atoms with E-state index in [4.69, 9.17) is 16.3 Å². The number of hydrogen-bond acceptors (Lipinski definition) is 4. The zero-order valence-corrected chi connectivity index (χ0v) is 20.2. The number of aliphatic carboxylic acids is 1. The molecule has 1 atom stereocenters. The number of carbonyl (C=O) groups is 1.